The molecule has 3 nitrogen and oxygen atoms in total. The van der Waals surface area contributed by atoms with E-state index in [2.05, 4.69) is 0 Å². The number of aliphatic carboxylic acids is 1. The lowest BCUT2D eigenvalue weighted by Gasteiger charge is -2.13. The van der Waals surface area contributed by atoms with E-state index in [4.69, 9.17) is 9.84 Å². The first-order valence-electron chi connectivity index (χ1n) is 4.66. The van der Waals surface area contributed by atoms with E-state index in [1.807, 2.05) is 0 Å². The van der Waals surface area contributed by atoms with Crippen LogP contribution in [0.25, 0.3) is 0 Å². The van der Waals surface area contributed by atoms with Gasteiger partial charge in [0, 0.05) is 6.61 Å². The van der Waals surface area contributed by atoms with Crippen LogP contribution in [-0.2, 0) is 9.53 Å². The molecule has 1 atom stereocenters. The van der Waals surface area contributed by atoms with Crippen molar-refractivity contribution in [1.82, 2.24) is 0 Å². The van der Waals surface area contributed by atoms with Crippen LogP contribution in [0.2, 0.25) is 0 Å². The van der Waals surface area contributed by atoms with E-state index in [0.717, 1.165) is 0 Å². The molecule has 4 heteroatoms. The molecular weight excluding hydrogens is 199 g/mol. The van der Waals surface area contributed by atoms with Gasteiger partial charge in [-0.25, -0.2) is 9.18 Å². The Bertz CT molecular complexity index is 363. The number of aryl methyl sites for hydroxylation is 1. The van der Waals surface area contributed by atoms with Gasteiger partial charge in [0.15, 0.2) is 6.10 Å². The van der Waals surface area contributed by atoms with Crippen LogP contribution in [0.15, 0.2) is 18.2 Å². The Hall–Kier alpha value is -1.42. The lowest BCUT2D eigenvalue weighted by molar-refractivity contribution is -0.150. The molecule has 1 aromatic carbocycles. The van der Waals surface area contributed by atoms with E-state index < -0.39 is 17.9 Å². The Labute approximate surface area is 87.5 Å². The molecule has 0 bridgehead atoms. The highest BCUT2D eigenvalue weighted by molar-refractivity contribution is 5.74. The maximum Gasteiger partial charge on any atom is 0.337 e. The SMILES string of the molecule is CCOC(C(=O)O)c1ccc(C)c(F)c1. The van der Waals surface area contributed by atoms with Crippen LogP contribution >= 0.6 is 0 Å². The van der Waals surface area contributed by atoms with E-state index in [-0.39, 0.29) is 6.61 Å². The van der Waals surface area contributed by atoms with Crippen LogP contribution in [0, 0.1) is 12.7 Å². The van der Waals surface area contributed by atoms with Gasteiger partial charge in [-0.3, -0.25) is 0 Å². The molecule has 0 aliphatic rings. The summed E-state index contributed by atoms with van der Waals surface area (Å²) in [5.41, 5.74) is 0.812. The normalized spacial score (nSPS) is 12.5. The molecule has 1 unspecified atom stereocenters. The fraction of sp³-hybridized carbons (Fsp3) is 0.364. The number of carbonyl (C=O) groups is 1. The maximum atomic E-state index is 13.2. The van der Waals surface area contributed by atoms with Crippen molar-refractivity contribution in [2.75, 3.05) is 6.61 Å². The first-order valence-corrected chi connectivity index (χ1v) is 4.66. The van der Waals surface area contributed by atoms with Crippen molar-refractivity contribution in [3.05, 3.63) is 35.1 Å². The largest absolute Gasteiger partial charge is 0.479 e. The van der Waals surface area contributed by atoms with Gasteiger partial charge in [0.05, 0.1) is 0 Å². The van der Waals surface area contributed by atoms with Crippen LogP contribution < -0.4 is 0 Å². The molecule has 0 radical (unpaired) electrons. The number of hydrogen-bond acceptors (Lipinski definition) is 2. The van der Waals surface area contributed by atoms with Crippen molar-refractivity contribution in [1.29, 1.82) is 0 Å². The van der Waals surface area contributed by atoms with Crippen LogP contribution in [0.4, 0.5) is 4.39 Å². The number of benzene rings is 1. The Kier molecular flexibility index (Phi) is 3.80. The van der Waals surface area contributed by atoms with Gasteiger partial charge in [-0.05, 0) is 31.0 Å². The zero-order valence-electron chi connectivity index (χ0n) is 8.66. The third kappa shape index (κ3) is 2.76. The molecule has 1 rings (SSSR count). The van der Waals surface area contributed by atoms with E-state index in [9.17, 15) is 9.18 Å². The second kappa shape index (κ2) is 4.89. The minimum atomic E-state index is -1.11. The van der Waals surface area contributed by atoms with E-state index in [1.54, 1.807) is 26.0 Å². The van der Waals surface area contributed by atoms with Gasteiger partial charge < -0.3 is 9.84 Å². The summed E-state index contributed by atoms with van der Waals surface area (Å²) in [5, 5.41) is 8.87. The molecule has 0 saturated carbocycles. The monoisotopic (exact) mass is 212 g/mol. The summed E-state index contributed by atoms with van der Waals surface area (Å²) in [5.74, 6) is -1.53. The third-order valence-corrected chi connectivity index (χ3v) is 2.06. The van der Waals surface area contributed by atoms with Gasteiger partial charge in [0.1, 0.15) is 5.82 Å². The van der Waals surface area contributed by atoms with Gasteiger partial charge in [0.25, 0.3) is 0 Å². The summed E-state index contributed by atoms with van der Waals surface area (Å²) in [6.45, 7) is 3.59. The molecule has 1 N–H and O–H groups in total. The van der Waals surface area contributed by atoms with Crippen molar-refractivity contribution >= 4 is 5.97 Å². The second-order valence-corrected chi connectivity index (χ2v) is 3.18. The van der Waals surface area contributed by atoms with Gasteiger partial charge >= 0.3 is 5.97 Å². The summed E-state index contributed by atoms with van der Waals surface area (Å²) in [4.78, 5) is 10.8. The molecule has 0 amide bonds. The zero-order chi connectivity index (χ0) is 11.4. The van der Waals surface area contributed by atoms with E-state index >= 15 is 0 Å². The summed E-state index contributed by atoms with van der Waals surface area (Å²) < 4.78 is 18.2. The Morgan fingerprint density at radius 2 is 2.27 bits per heavy atom. The Morgan fingerprint density at radius 1 is 1.60 bits per heavy atom. The lowest BCUT2D eigenvalue weighted by atomic mass is 10.1. The number of carboxylic acids is 1. The quantitative estimate of drug-likeness (QED) is 0.832. The summed E-state index contributed by atoms with van der Waals surface area (Å²) >= 11 is 0. The predicted molar refractivity (Wildman–Crippen MR) is 53.1 cm³/mol. The van der Waals surface area contributed by atoms with Crippen LogP contribution in [0.5, 0.6) is 0 Å². The highest BCUT2D eigenvalue weighted by atomic mass is 19.1. The first-order chi connectivity index (χ1) is 7.06. The number of rotatable bonds is 4. The molecule has 82 valence electrons. The van der Waals surface area contributed by atoms with Gasteiger partial charge in [-0.1, -0.05) is 12.1 Å². The highest BCUT2D eigenvalue weighted by Gasteiger charge is 2.20. The Balaban J connectivity index is 3.01. The molecule has 0 saturated heterocycles. The van der Waals surface area contributed by atoms with Crippen LogP contribution in [0.1, 0.15) is 24.2 Å². The summed E-state index contributed by atoms with van der Waals surface area (Å²) in [7, 11) is 0. The maximum absolute atomic E-state index is 13.2. The fourth-order valence-electron chi connectivity index (χ4n) is 1.25. The van der Waals surface area contributed by atoms with Crippen molar-refractivity contribution < 1.29 is 19.0 Å². The molecule has 0 aromatic heterocycles. The average molecular weight is 212 g/mol. The van der Waals surface area contributed by atoms with Crippen molar-refractivity contribution in [3.63, 3.8) is 0 Å². The number of halogens is 1. The van der Waals surface area contributed by atoms with E-state index in [0.29, 0.717) is 11.1 Å². The molecule has 0 aliphatic carbocycles. The topological polar surface area (TPSA) is 46.5 Å². The van der Waals surface area contributed by atoms with E-state index in [1.165, 1.54) is 6.07 Å². The van der Waals surface area contributed by atoms with Crippen molar-refractivity contribution in [2.45, 2.75) is 20.0 Å². The molecule has 1 aromatic rings. The fourth-order valence-corrected chi connectivity index (χ4v) is 1.25. The zero-order valence-corrected chi connectivity index (χ0v) is 8.66. The number of carboxylic acid groups (broad SMARTS) is 1. The molecule has 0 heterocycles. The van der Waals surface area contributed by atoms with Crippen molar-refractivity contribution in [3.8, 4) is 0 Å². The second-order valence-electron chi connectivity index (χ2n) is 3.18. The first kappa shape index (κ1) is 11.7. The van der Waals surface area contributed by atoms with Gasteiger partial charge in [-0.2, -0.15) is 0 Å². The van der Waals surface area contributed by atoms with Gasteiger partial charge in [0.2, 0.25) is 0 Å². The summed E-state index contributed by atoms with van der Waals surface area (Å²) in [6.07, 6.45) is -1.09. The van der Waals surface area contributed by atoms with Crippen LogP contribution in [0.3, 0.4) is 0 Å². The number of ether oxygens (including phenoxy) is 1. The lowest BCUT2D eigenvalue weighted by Crippen LogP contribution is -2.15. The number of hydrogen-bond donors (Lipinski definition) is 1. The van der Waals surface area contributed by atoms with Gasteiger partial charge in [-0.15, -0.1) is 0 Å². The standard InChI is InChI=1S/C11H13FO3/c1-3-15-10(11(13)14)8-5-4-7(2)9(12)6-8/h4-6,10H,3H2,1-2H3,(H,13,14). The predicted octanol–water partition coefficient (Wildman–Crippen LogP) is 2.30. The average Bonchev–Trinajstić information content (AvgIpc) is 2.18. The summed E-state index contributed by atoms with van der Waals surface area (Å²) in [6, 6.07) is 4.30. The molecule has 0 aliphatic heterocycles. The Morgan fingerprint density at radius 3 is 2.73 bits per heavy atom. The highest BCUT2D eigenvalue weighted by Crippen LogP contribution is 2.20. The minimum absolute atomic E-state index is 0.270. The smallest absolute Gasteiger partial charge is 0.337 e. The molecule has 0 fully saturated rings. The molecule has 0 spiro atoms. The van der Waals surface area contributed by atoms with Crippen molar-refractivity contribution in [2.24, 2.45) is 0 Å². The van der Waals surface area contributed by atoms with Crippen LogP contribution in [-0.4, -0.2) is 17.7 Å². The molecular formula is C11H13FO3. The third-order valence-electron chi connectivity index (χ3n) is 2.06. The molecule has 15 heavy (non-hydrogen) atoms. The minimum Gasteiger partial charge on any atom is -0.479 e.